The van der Waals surface area contributed by atoms with Crippen LogP contribution in [0.4, 0.5) is 5.69 Å². The Morgan fingerprint density at radius 3 is 2.43 bits per heavy atom. The van der Waals surface area contributed by atoms with Crippen LogP contribution in [0.1, 0.15) is 31.1 Å². The molecule has 0 fully saturated rings. The van der Waals surface area contributed by atoms with Gasteiger partial charge in [-0.05, 0) is 26.8 Å². The third kappa shape index (κ3) is 5.49. The Bertz CT molecular complexity index is 554. The van der Waals surface area contributed by atoms with Crippen LogP contribution in [0.2, 0.25) is 10.0 Å². The molecule has 0 aliphatic carbocycles. The lowest BCUT2D eigenvalue weighted by Gasteiger charge is -2.19. The number of hydrogen-bond acceptors (Lipinski definition) is 5. The Kier molecular flexibility index (Phi) is 5.95. The molecule has 0 aromatic heterocycles. The zero-order chi connectivity index (χ0) is 16.2. The molecule has 6 nitrogen and oxygen atoms in total. The van der Waals surface area contributed by atoms with Crippen LogP contribution < -0.4 is 0 Å². The molecule has 0 aliphatic heterocycles. The fourth-order valence-corrected chi connectivity index (χ4v) is 1.78. The average molecular weight is 336 g/mol. The molecule has 0 radical (unpaired) electrons. The van der Waals surface area contributed by atoms with Crippen molar-refractivity contribution in [2.45, 2.75) is 26.4 Å². The van der Waals surface area contributed by atoms with Crippen LogP contribution in [0, 0.1) is 10.1 Å². The summed E-state index contributed by atoms with van der Waals surface area (Å²) < 4.78 is 10.4. The maximum atomic E-state index is 11.8. The highest BCUT2D eigenvalue weighted by molar-refractivity contribution is 6.43. The van der Waals surface area contributed by atoms with Crippen LogP contribution in [0.25, 0.3) is 0 Å². The zero-order valence-corrected chi connectivity index (χ0v) is 13.3. The highest BCUT2D eigenvalue weighted by atomic mass is 35.5. The molecular weight excluding hydrogens is 321 g/mol. The molecule has 0 atom stereocenters. The lowest BCUT2D eigenvalue weighted by molar-refractivity contribution is -0.384. The van der Waals surface area contributed by atoms with E-state index in [0.29, 0.717) is 0 Å². The topological polar surface area (TPSA) is 78.7 Å². The summed E-state index contributed by atoms with van der Waals surface area (Å²) in [4.78, 5) is 21.9. The maximum Gasteiger partial charge on any atom is 0.338 e. The number of esters is 1. The molecule has 21 heavy (non-hydrogen) atoms. The fourth-order valence-electron chi connectivity index (χ4n) is 1.39. The quantitative estimate of drug-likeness (QED) is 0.353. The number of hydrogen-bond donors (Lipinski definition) is 0. The second-order valence-electron chi connectivity index (χ2n) is 5.15. The van der Waals surface area contributed by atoms with Crippen LogP contribution >= 0.6 is 23.2 Å². The molecule has 0 amide bonds. The van der Waals surface area contributed by atoms with Gasteiger partial charge in [0.25, 0.3) is 5.69 Å². The van der Waals surface area contributed by atoms with Gasteiger partial charge in [0.15, 0.2) is 0 Å². The minimum atomic E-state index is -0.728. The van der Waals surface area contributed by atoms with Crippen LogP contribution in [-0.2, 0) is 9.47 Å². The standard InChI is InChI=1S/C13H15Cl2NO5/c1-13(2,3)21-5-4-20-12(17)8-6-9(14)11(15)10(7-8)16(18)19/h6-7H,4-5H2,1-3H3. The van der Waals surface area contributed by atoms with Crippen molar-refractivity contribution >= 4 is 34.9 Å². The SMILES string of the molecule is CC(C)(C)OCCOC(=O)c1cc(Cl)c(Cl)c([N+](=O)[O-])c1. The highest BCUT2D eigenvalue weighted by Gasteiger charge is 2.21. The van der Waals surface area contributed by atoms with E-state index in [1.807, 2.05) is 20.8 Å². The molecular formula is C13H15Cl2NO5. The predicted molar refractivity (Wildman–Crippen MR) is 79.1 cm³/mol. The van der Waals surface area contributed by atoms with Gasteiger partial charge in [0.05, 0.1) is 27.7 Å². The first kappa shape index (κ1) is 17.7. The Morgan fingerprint density at radius 1 is 1.29 bits per heavy atom. The average Bonchev–Trinajstić information content (AvgIpc) is 2.35. The predicted octanol–water partition coefficient (Wildman–Crippen LogP) is 3.87. The van der Waals surface area contributed by atoms with E-state index in [9.17, 15) is 14.9 Å². The largest absolute Gasteiger partial charge is 0.460 e. The van der Waals surface area contributed by atoms with Gasteiger partial charge in [-0.25, -0.2) is 4.79 Å². The fraction of sp³-hybridized carbons (Fsp3) is 0.462. The summed E-state index contributed by atoms with van der Waals surface area (Å²) >= 11 is 11.5. The van der Waals surface area contributed by atoms with Crippen molar-refractivity contribution < 1.29 is 19.2 Å². The molecule has 0 unspecified atom stereocenters. The van der Waals surface area contributed by atoms with E-state index in [0.717, 1.165) is 6.07 Å². The zero-order valence-electron chi connectivity index (χ0n) is 11.8. The maximum absolute atomic E-state index is 11.8. The first-order valence-corrected chi connectivity index (χ1v) is 6.82. The second-order valence-corrected chi connectivity index (χ2v) is 5.93. The van der Waals surface area contributed by atoms with Crippen LogP contribution in [0.3, 0.4) is 0 Å². The number of nitrogens with zero attached hydrogens (tertiary/aromatic N) is 1. The first-order chi connectivity index (χ1) is 9.61. The molecule has 1 aromatic carbocycles. The molecule has 1 aromatic rings. The third-order valence-electron chi connectivity index (χ3n) is 2.29. The number of rotatable bonds is 5. The van der Waals surface area contributed by atoms with Crippen LogP contribution in [0.15, 0.2) is 12.1 Å². The van der Waals surface area contributed by atoms with Gasteiger partial charge in [-0.15, -0.1) is 0 Å². The number of benzene rings is 1. The van der Waals surface area contributed by atoms with E-state index in [1.165, 1.54) is 6.07 Å². The summed E-state index contributed by atoms with van der Waals surface area (Å²) in [5, 5.41) is 10.5. The summed E-state index contributed by atoms with van der Waals surface area (Å²) in [5.41, 5.74) is -0.816. The van der Waals surface area contributed by atoms with E-state index < -0.39 is 16.6 Å². The Hall–Kier alpha value is -1.37. The summed E-state index contributed by atoms with van der Waals surface area (Å²) in [6.45, 7) is 5.87. The van der Waals surface area contributed by atoms with Gasteiger partial charge in [-0.2, -0.15) is 0 Å². The van der Waals surface area contributed by atoms with Crippen molar-refractivity contribution in [3.8, 4) is 0 Å². The van der Waals surface area contributed by atoms with Gasteiger partial charge in [0.2, 0.25) is 0 Å². The summed E-state index contributed by atoms with van der Waals surface area (Å²) in [6, 6.07) is 2.25. The first-order valence-electron chi connectivity index (χ1n) is 6.06. The minimum Gasteiger partial charge on any atom is -0.460 e. The van der Waals surface area contributed by atoms with Gasteiger partial charge >= 0.3 is 5.97 Å². The lowest BCUT2D eigenvalue weighted by atomic mass is 10.2. The monoisotopic (exact) mass is 335 g/mol. The molecule has 0 N–H and O–H groups in total. The Balaban J connectivity index is 2.73. The van der Waals surface area contributed by atoms with Crippen molar-refractivity contribution in [2.75, 3.05) is 13.2 Å². The molecule has 0 bridgehead atoms. The molecule has 0 spiro atoms. The number of nitro groups is 1. The van der Waals surface area contributed by atoms with Crippen LogP contribution in [0.5, 0.6) is 0 Å². The molecule has 116 valence electrons. The molecule has 0 aliphatic rings. The Morgan fingerprint density at radius 2 is 1.90 bits per heavy atom. The van der Waals surface area contributed by atoms with E-state index in [1.54, 1.807) is 0 Å². The number of carbonyl (C=O) groups is 1. The molecule has 0 heterocycles. The third-order valence-corrected chi connectivity index (χ3v) is 3.09. The van der Waals surface area contributed by atoms with E-state index >= 15 is 0 Å². The molecule has 0 saturated heterocycles. The van der Waals surface area contributed by atoms with Gasteiger partial charge in [-0.1, -0.05) is 23.2 Å². The lowest BCUT2D eigenvalue weighted by Crippen LogP contribution is -2.22. The molecule has 8 heteroatoms. The summed E-state index contributed by atoms with van der Waals surface area (Å²) in [6.07, 6.45) is 0. The number of carbonyl (C=O) groups excluding carboxylic acids is 1. The second kappa shape index (κ2) is 7.06. The molecule has 0 saturated carbocycles. The number of nitro benzene ring substituents is 1. The van der Waals surface area contributed by atoms with Crippen molar-refractivity contribution in [3.63, 3.8) is 0 Å². The summed E-state index contributed by atoms with van der Waals surface area (Å²) in [5.74, 6) is -0.728. The Labute approximate surface area is 132 Å². The smallest absolute Gasteiger partial charge is 0.338 e. The van der Waals surface area contributed by atoms with Gasteiger partial charge in [-0.3, -0.25) is 10.1 Å². The summed E-state index contributed by atoms with van der Waals surface area (Å²) in [7, 11) is 0. The van der Waals surface area contributed by atoms with Gasteiger partial charge in [0, 0.05) is 6.07 Å². The number of ether oxygens (including phenoxy) is 2. The van der Waals surface area contributed by atoms with Gasteiger partial charge in [0.1, 0.15) is 11.6 Å². The minimum absolute atomic E-state index is 0.0319. The van der Waals surface area contributed by atoms with Crippen molar-refractivity contribution in [2.24, 2.45) is 0 Å². The van der Waals surface area contributed by atoms with Crippen molar-refractivity contribution in [3.05, 3.63) is 37.9 Å². The number of halogens is 2. The van der Waals surface area contributed by atoms with E-state index in [2.05, 4.69) is 0 Å². The highest BCUT2D eigenvalue weighted by Crippen LogP contribution is 2.33. The van der Waals surface area contributed by atoms with Crippen LogP contribution in [-0.4, -0.2) is 29.7 Å². The van der Waals surface area contributed by atoms with Crippen molar-refractivity contribution in [1.29, 1.82) is 0 Å². The molecule has 1 rings (SSSR count). The van der Waals surface area contributed by atoms with Gasteiger partial charge < -0.3 is 9.47 Å². The van der Waals surface area contributed by atoms with E-state index in [4.69, 9.17) is 32.7 Å². The normalized spacial score (nSPS) is 11.3. The van der Waals surface area contributed by atoms with E-state index in [-0.39, 0.29) is 34.4 Å². The van der Waals surface area contributed by atoms with Crippen molar-refractivity contribution in [1.82, 2.24) is 0 Å².